The van der Waals surface area contributed by atoms with Gasteiger partial charge in [0.05, 0.1) is 6.20 Å². The molecule has 1 heterocycles. The molecule has 1 aliphatic rings. The van der Waals surface area contributed by atoms with Crippen molar-refractivity contribution in [2.75, 3.05) is 6.54 Å². The Labute approximate surface area is 120 Å². The van der Waals surface area contributed by atoms with Gasteiger partial charge in [0.15, 0.2) is 5.03 Å². The molecule has 2 rings (SSSR count). The molecule has 0 aliphatic heterocycles. The fourth-order valence-corrected chi connectivity index (χ4v) is 3.39. The van der Waals surface area contributed by atoms with Crippen LogP contribution in [0, 0.1) is 11.8 Å². The quantitative estimate of drug-likeness (QED) is 0.674. The Morgan fingerprint density at radius 2 is 2.10 bits per heavy atom. The third-order valence-corrected chi connectivity index (χ3v) is 5.11. The van der Waals surface area contributed by atoms with E-state index >= 15 is 0 Å². The van der Waals surface area contributed by atoms with Crippen LogP contribution in [-0.4, -0.2) is 31.2 Å². The molecule has 1 aromatic rings. The molecular weight excluding hydrogens is 276 g/mol. The summed E-state index contributed by atoms with van der Waals surface area (Å²) in [4.78, 5) is 0. The Morgan fingerprint density at radius 1 is 1.40 bits per heavy atom. The van der Waals surface area contributed by atoms with Crippen molar-refractivity contribution in [2.45, 2.75) is 51.2 Å². The summed E-state index contributed by atoms with van der Waals surface area (Å²) >= 11 is 0. The number of aromatic nitrogens is 2. The minimum absolute atomic E-state index is 0.175. The maximum Gasteiger partial charge on any atom is 0.257 e. The lowest BCUT2D eigenvalue weighted by molar-refractivity contribution is 0.490. The molecule has 0 spiro atoms. The van der Waals surface area contributed by atoms with Crippen molar-refractivity contribution in [1.29, 1.82) is 0 Å². The van der Waals surface area contributed by atoms with Crippen LogP contribution in [-0.2, 0) is 16.6 Å². The van der Waals surface area contributed by atoms with Crippen LogP contribution in [0.4, 0.5) is 0 Å². The van der Waals surface area contributed by atoms with Crippen LogP contribution in [0.5, 0.6) is 0 Å². The van der Waals surface area contributed by atoms with Gasteiger partial charge in [-0.1, -0.05) is 20.8 Å². The van der Waals surface area contributed by atoms with E-state index in [1.807, 2.05) is 13.8 Å². The zero-order valence-corrected chi connectivity index (χ0v) is 13.1. The van der Waals surface area contributed by atoms with E-state index in [-0.39, 0.29) is 5.03 Å². The van der Waals surface area contributed by atoms with Crippen LogP contribution in [0.15, 0.2) is 11.2 Å². The van der Waals surface area contributed by atoms with Gasteiger partial charge in [-0.15, -0.1) is 0 Å². The molecule has 0 amide bonds. The van der Waals surface area contributed by atoms with Gasteiger partial charge in [-0.25, -0.2) is 13.1 Å². The number of hydrogen-bond acceptors (Lipinski definition) is 4. The molecular formula is C13H24N4O2S. The number of sulfonamides is 1. The van der Waals surface area contributed by atoms with Gasteiger partial charge in [-0.3, -0.25) is 5.10 Å². The fraction of sp³-hybridized carbons (Fsp3) is 0.769. The summed E-state index contributed by atoms with van der Waals surface area (Å²) in [7, 11) is -3.50. The van der Waals surface area contributed by atoms with Crippen LogP contribution >= 0.6 is 0 Å². The highest BCUT2D eigenvalue weighted by atomic mass is 32.2. The van der Waals surface area contributed by atoms with Crippen molar-refractivity contribution in [1.82, 2.24) is 20.2 Å². The molecule has 6 nitrogen and oxygen atoms in total. The van der Waals surface area contributed by atoms with Crippen molar-refractivity contribution >= 4 is 10.0 Å². The predicted molar refractivity (Wildman–Crippen MR) is 77.6 cm³/mol. The lowest BCUT2D eigenvalue weighted by Gasteiger charge is -2.12. The van der Waals surface area contributed by atoms with Crippen molar-refractivity contribution in [3.63, 3.8) is 0 Å². The molecule has 1 aromatic heterocycles. The highest BCUT2D eigenvalue weighted by molar-refractivity contribution is 7.89. The van der Waals surface area contributed by atoms with E-state index in [2.05, 4.69) is 27.2 Å². The van der Waals surface area contributed by atoms with E-state index in [1.165, 1.54) is 12.8 Å². The molecule has 1 unspecified atom stereocenters. The monoisotopic (exact) mass is 300 g/mol. The second-order valence-corrected chi connectivity index (χ2v) is 7.63. The highest BCUT2D eigenvalue weighted by Crippen LogP contribution is 2.36. The van der Waals surface area contributed by atoms with E-state index in [1.54, 1.807) is 6.20 Å². The minimum Gasteiger partial charge on any atom is -0.310 e. The van der Waals surface area contributed by atoms with Crippen LogP contribution in [0.1, 0.15) is 39.2 Å². The maximum atomic E-state index is 12.3. The SMILES string of the molecule is CC(C)NCc1cn[nH]c1S(=O)(=O)NCC(C)C1CC1. The molecule has 0 radical (unpaired) electrons. The van der Waals surface area contributed by atoms with Gasteiger partial charge >= 0.3 is 0 Å². The molecule has 3 N–H and O–H groups in total. The number of hydrogen-bond donors (Lipinski definition) is 3. The van der Waals surface area contributed by atoms with E-state index in [9.17, 15) is 8.42 Å². The molecule has 7 heteroatoms. The second kappa shape index (κ2) is 6.24. The zero-order valence-electron chi connectivity index (χ0n) is 12.3. The Hall–Kier alpha value is -0.920. The smallest absolute Gasteiger partial charge is 0.257 e. The number of nitrogens with zero attached hydrogens (tertiary/aromatic N) is 1. The molecule has 0 bridgehead atoms. The Morgan fingerprint density at radius 3 is 2.70 bits per heavy atom. The molecule has 0 saturated heterocycles. The summed E-state index contributed by atoms with van der Waals surface area (Å²) in [6.07, 6.45) is 4.00. The molecule has 114 valence electrons. The zero-order chi connectivity index (χ0) is 14.8. The predicted octanol–water partition coefficient (Wildman–Crippen LogP) is 1.23. The first-order valence-corrected chi connectivity index (χ1v) is 8.63. The Kier molecular flexibility index (Phi) is 4.82. The van der Waals surface area contributed by atoms with Gasteiger partial charge in [0.2, 0.25) is 0 Å². The summed E-state index contributed by atoms with van der Waals surface area (Å²) in [5.74, 6) is 1.08. The highest BCUT2D eigenvalue weighted by Gasteiger charge is 2.29. The van der Waals surface area contributed by atoms with E-state index in [4.69, 9.17) is 0 Å². The summed E-state index contributed by atoms with van der Waals surface area (Å²) in [5, 5.41) is 9.83. The Bertz CT molecular complexity index is 534. The summed E-state index contributed by atoms with van der Waals surface area (Å²) < 4.78 is 27.3. The average molecular weight is 300 g/mol. The van der Waals surface area contributed by atoms with Gasteiger partial charge < -0.3 is 5.32 Å². The summed E-state index contributed by atoms with van der Waals surface area (Å²) in [5.41, 5.74) is 0.672. The third-order valence-electron chi connectivity index (χ3n) is 3.67. The maximum absolute atomic E-state index is 12.3. The standard InChI is InChI=1S/C13H24N4O2S/c1-9(2)14-7-12-8-15-17-13(12)20(18,19)16-6-10(3)11-4-5-11/h8-11,14,16H,4-7H2,1-3H3,(H,15,17). The normalized spacial score (nSPS) is 17.6. The first-order valence-electron chi connectivity index (χ1n) is 7.15. The average Bonchev–Trinajstić information content (AvgIpc) is 3.11. The first kappa shape index (κ1) is 15.5. The first-order chi connectivity index (χ1) is 9.40. The lowest BCUT2D eigenvalue weighted by atomic mass is 10.1. The van der Waals surface area contributed by atoms with Crippen LogP contribution in [0.25, 0.3) is 0 Å². The van der Waals surface area contributed by atoms with Gasteiger partial charge in [-0.2, -0.15) is 5.10 Å². The van der Waals surface area contributed by atoms with Crippen molar-refractivity contribution in [3.05, 3.63) is 11.8 Å². The van der Waals surface area contributed by atoms with Crippen molar-refractivity contribution in [3.8, 4) is 0 Å². The minimum atomic E-state index is -3.50. The topological polar surface area (TPSA) is 86.9 Å². The molecule has 1 saturated carbocycles. The lowest BCUT2D eigenvalue weighted by Crippen LogP contribution is -2.31. The van der Waals surface area contributed by atoms with Gasteiger partial charge in [0.25, 0.3) is 10.0 Å². The van der Waals surface area contributed by atoms with Gasteiger partial charge in [-0.05, 0) is 24.7 Å². The third kappa shape index (κ3) is 4.04. The second-order valence-electron chi connectivity index (χ2n) is 5.93. The largest absolute Gasteiger partial charge is 0.310 e. The van der Waals surface area contributed by atoms with E-state index in [0.29, 0.717) is 36.5 Å². The summed E-state index contributed by atoms with van der Waals surface area (Å²) in [6, 6.07) is 0.295. The van der Waals surface area contributed by atoms with E-state index < -0.39 is 10.0 Å². The van der Waals surface area contributed by atoms with Gasteiger partial charge in [0, 0.05) is 24.7 Å². The number of nitrogens with one attached hydrogen (secondary N) is 3. The number of aromatic amines is 1. The number of rotatable bonds is 8. The van der Waals surface area contributed by atoms with Crippen LogP contribution in [0.2, 0.25) is 0 Å². The fourth-order valence-electron chi connectivity index (χ4n) is 2.12. The molecule has 1 atom stereocenters. The number of H-pyrrole nitrogens is 1. The van der Waals surface area contributed by atoms with Gasteiger partial charge in [0.1, 0.15) is 0 Å². The summed E-state index contributed by atoms with van der Waals surface area (Å²) in [6.45, 7) is 7.10. The molecule has 1 fully saturated rings. The Balaban J connectivity index is 1.99. The molecule has 20 heavy (non-hydrogen) atoms. The van der Waals surface area contributed by atoms with Crippen LogP contribution in [0.3, 0.4) is 0 Å². The molecule has 0 aromatic carbocycles. The van der Waals surface area contributed by atoms with Crippen molar-refractivity contribution < 1.29 is 8.42 Å². The molecule has 1 aliphatic carbocycles. The van der Waals surface area contributed by atoms with Crippen LogP contribution < -0.4 is 10.0 Å². The van der Waals surface area contributed by atoms with Crippen molar-refractivity contribution in [2.24, 2.45) is 11.8 Å². The van der Waals surface area contributed by atoms with E-state index in [0.717, 1.165) is 0 Å².